The van der Waals surface area contributed by atoms with Crippen molar-refractivity contribution in [3.05, 3.63) is 29.8 Å². The molecule has 178 valence electrons. The number of ether oxygens (including phenoxy) is 2. The van der Waals surface area contributed by atoms with Crippen LogP contribution in [0.15, 0.2) is 29.3 Å². The molecule has 1 aromatic carbocycles. The highest BCUT2D eigenvalue weighted by Crippen LogP contribution is 2.18. The monoisotopic (exact) mass is 557 g/mol. The van der Waals surface area contributed by atoms with Gasteiger partial charge in [0.1, 0.15) is 6.10 Å². The number of hydrogen-bond donors (Lipinski definition) is 1. The van der Waals surface area contributed by atoms with Crippen LogP contribution in [0.1, 0.15) is 25.3 Å². The van der Waals surface area contributed by atoms with E-state index in [1.807, 2.05) is 4.90 Å². The number of morpholine rings is 1. The average Bonchev–Trinajstić information content (AvgIpc) is 3.37. The van der Waals surface area contributed by atoms with Gasteiger partial charge >= 0.3 is 0 Å². The number of nitrogens with one attached hydrogen (secondary N) is 1. The molecular weight excluding hydrogens is 521 g/mol. The zero-order chi connectivity index (χ0) is 21.5. The van der Waals surface area contributed by atoms with Crippen molar-refractivity contribution in [3.8, 4) is 0 Å². The van der Waals surface area contributed by atoms with E-state index in [0.717, 1.165) is 77.8 Å². The van der Waals surface area contributed by atoms with Crippen molar-refractivity contribution in [1.82, 2.24) is 15.1 Å². The molecule has 3 heterocycles. The van der Waals surface area contributed by atoms with Gasteiger partial charge in [-0.05, 0) is 37.5 Å². The first-order valence-electron chi connectivity index (χ1n) is 11.6. The minimum atomic E-state index is -0.228. The number of hydrogen-bond acceptors (Lipinski definition) is 5. The number of halogens is 1. The Labute approximate surface area is 208 Å². The molecule has 1 aromatic rings. The van der Waals surface area contributed by atoms with Crippen molar-refractivity contribution in [3.63, 3.8) is 0 Å². The largest absolute Gasteiger partial charge is 0.378 e. The zero-order valence-corrected chi connectivity index (χ0v) is 21.3. The van der Waals surface area contributed by atoms with Crippen LogP contribution in [0.5, 0.6) is 0 Å². The summed E-state index contributed by atoms with van der Waals surface area (Å²) in [5.41, 5.74) is 2.44. The maximum Gasteiger partial charge on any atom is 0.251 e. The number of anilines is 1. The first kappa shape index (κ1) is 25.0. The fourth-order valence-corrected chi connectivity index (χ4v) is 4.34. The van der Waals surface area contributed by atoms with Crippen molar-refractivity contribution in [1.29, 1.82) is 0 Å². The summed E-state index contributed by atoms with van der Waals surface area (Å²) < 4.78 is 11.0. The van der Waals surface area contributed by atoms with Crippen molar-refractivity contribution in [2.75, 3.05) is 70.5 Å². The highest BCUT2D eigenvalue weighted by Gasteiger charge is 2.30. The molecule has 32 heavy (non-hydrogen) atoms. The van der Waals surface area contributed by atoms with Crippen LogP contribution in [0.2, 0.25) is 0 Å². The van der Waals surface area contributed by atoms with Gasteiger partial charge in [0.25, 0.3) is 5.91 Å². The molecule has 0 saturated carbocycles. The van der Waals surface area contributed by atoms with Crippen molar-refractivity contribution < 1.29 is 14.3 Å². The van der Waals surface area contributed by atoms with E-state index in [2.05, 4.69) is 46.3 Å². The topological polar surface area (TPSA) is 69.6 Å². The number of carbonyl (C=O) groups is 1. The Bertz CT molecular complexity index is 741. The highest BCUT2D eigenvalue weighted by molar-refractivity contribution is 14.0. The average molecular weight is 557 g/mol. The Kier molecular flexibility index (Phi) is 9.86. The van der Waals surface area contributed by atoms with Gasteiger partial charge in [0.15, 0.2) is 5.96 Å². The third-order valence-corrected chi connectivity index (χ3v) is 6.15. The normalized spacial score (nSPS) is 22.0. The third kappa shape index (κ3) is 6.48. The van der Waals surface area contributed by atoms with Crippen LogP contribution < -0.4 is 10.2 Å². The van der Waals surface area contributed by atoms with Gasteiger partial charge in [-0.2, -0.15) is 0 Å². The summed E-state index contributed by atoms with van der Waals surface area (Å²) in [7, 11) is 0. The van der Waals surface area contributed by atoms with Crippen LogP contribution >= 0.6 is 24.0 Å². The lowest BCUT2D eigenvalue weighted by molar-refractivity contribution is -0.142. The summed E-state index contributed by atoms with van der Waals surface area (Å²) >= 11 is 0. The second-order valence-corrected chi connectivity index (χ2v) is 8.25. The SMILES string of the molecule is CCNC(=NCc1ccc(N2CCOCC2)cc1)N1CCN(C(=O)C2CCCO2)CC1.I. The minimum Gasteiger partial charge on any atom is -0.378 e. The number of carbonyl (C=O) groups excluding carboxylic acids is 1. The smallest absolute Gasteiger partial charge is 0.251 e. The van der Waals surface area contributed by atoms with Crippen LogP contribution in [0, 0.1) is 0 Å². The second kappa shape index (κ2) is 12.6. The van der Waals surface area contributed by atoms with Crippen LogP contribution in [0.3, 0.4) is 0 Å². The summed E-state index contributed by atoms with van der Waals surface area (Å²) in [4.78, 5) is 24.0. The fraction of sp³-hybridized carbons (Fsp3) is 0.652. The Balaban J connectivity index is 0.00000289. The molecule has 3 fully saturated rings. The van der Waals surface area contributed by atoms with Crippen molar-refractivity contribution >= 4 is 41.5 Å². The highest BCUT2D eigenvalue weighted by atomic mass is 127. The number of nitrogens with zero attached hydrogens (tertiary/aromatic N) is 4. The molecule has 9 heteroatoms. The van der Waals surface area contributed by atoms with E-state index in [0.29, 0.717) is 13.2 Å². The van der Waals surface area contributed by atoms with Crippen LogP contribution in [-0.2, 0) is 20.8 Å². The van der Waals surface area contributed by atoms with Crippen molar-refractivity contribution in [2.24, 2.45) is 4.99 Å². The maximum absolute atomic E-state index is 12.6. The van der Waals surface area contributed by atoms with Gasteiger partial charge in [-0.1, -0.05) is 12.1 Å². The molecule has 1 unspecified atom stereocenters. The first-order chi connectivity index (χ1) is 15.2. The van der Waals surface area contributed by atoms with Gasteiger partial charge in [-0.15, -0.1) is 24.0 Å². The number of guanidine groups is 1. The Morgan fingerprint density at radius 1 is 1.03 bits per heavy atom. The predicted octanol–water partition coefficient (Wildman–Crippen LogP) is 1.93. The van der Waals surface area contributed by atoms with E-state index in [-0.39, 0.29) is 36.0 Å². The molecule has 3 aliphatic heterocycles. The number of piperazine rings is 1. The lowest BCUT2D eigenvalue weighted by Crippen LogP contribution is -2.55. The number of amides is 1. The van der Waals surface area contributed by atoms with Crippen LogP contribution in [0.25, 0.3) is 0 Å². The Morgan fingerprint density at radius 2 is 1.72 bits per heavy atom. The molecule has 3 aliphatic rings. The molecule has 1 N–H and O–H groups in total. The van der Waals surface area contributed by atoms with Gasteiger partial charge in [-0.25, -0.2) is 4.99 Å². The van der Waals surface area contributed by atoms with Gasteiger partial charge in [0.05, 0.1) is 19.8 Å². The van der Waals surface area contributed by atoms with Crippen LogP contribution in [0.4, 0.5) is 5.69 Å². The summed E-state index contributed by atoms with van der Waals surface area (Å²) in [6.07, 6.45) is 1.61. The fourth-order valence-electron chi connectivity index (χ4n) is 4.34. The summed E-state index contributed by atoms with van der Waals surface area (Å²) in [6, 6.07) is 8.68. The maximum atomic E-state index is 12.6. The summed E-state index contributed by atoms with van der Waals surface area (Å²) in [6.45, 7) is 10.8. The molecular formula is C23H36IN5O3. The summed E-state index contributed by atoms with van der Waals surface area (Å²) in [5.74, 6) is 1.07. The van der Waals surface area contributed by atoms with E-state index in [9.17, 15) is 4.79 Å². The van der Waals surface area contributed by atoms with Gasteiger partial charge in [0.2, 0.25) is 0 Å². The van der Waals surface area contributed by atoms with E-state index in [1.165, 1.54) is 11.3 Å². The number of aliphatic imine (C=N–C) groups is 1. The lowest BCUT2D eigenvalue weighted by Gasteiger charge is -2.37. The molecule has 1 amide bonds. The number of benzene rings is 1. The van der Waals surface area contributed by atoms with Crippen LogP contribution in [-0.4, -0.2) is 93.4 Å². The standard InChI is InChI=1S/C23H35N5O3.HI/c1-2-24-23(28-11-9-27(10-12-28)22(29)21-4-3-15-31-21)25-18-19-5-7-20(8-6-19)26-13-16-30-17-14-26;/h5-8,21H,2-4,9-18H2,1H3,(H,24,25);1H. The zero-order valence-electron chi connectivity index (χ0n) is 19.0. The molecule has 0 bridgehead atoms. The Morgan fingerprint density at radius 3 is 2.34 bits per heavy atom. The third-order valence-electron chi connectivity index (χ3n) is 6.15. The molecule has 0 aliphatic carbocycles. The van der Waals surface area contributed by atoms with E-state index < -0.39 is 0 Å². The number of rotatable bonds is 5. The first-order valence-corrected chi connectivity index (χ1v) is 11.6. The lowest BCUT2D eigenvalue weighted by atomic mass is 10.2. The van der Waals surface area contributed by atoms with E-state index in [1.54, 1.807) is 0 Å². The quantitative estimate of drug-likeness (QED) is 0.339. The minimum absolute atomic E-state index is 0. The van der Waals surface area contributed by atoms with Gasteiger partial charge in [0, 0.05) is 58.1 Å². The summed E-state index contributed by atoms with van der Waals surface area (Å²) in [5, 5.41) is 3.41. The van der Waals surface area contributed by atoms with Crippen molar-refractivity contribution in [2.45, 2.75) is 32.4 Å². The molecule has 8 nitrogen and oxygen atoms in total. The van der Waals surface area contributed by atoms with E-state index in [4.69, 9.17) is 14.5 Å². The van der Waals surface area contributed by atoms with E-state index >= 15 is 0 Å². The molecule has 0 aromatic heterocycles. The second-order valence-electron chi connectivity index (χ2n) is 8.25. The van der Waals surface area contributed by atoms with Gasteiger partial charge < -0.3 is 29.5 Å². The molecule has 3 saturated heterocycles. The van der Waals surface area contributed by atoms with Gasteiger partial charge in [-0.3, -0.25) is 4.79 Å². The molecule has 1 atom stereocenters. The predicted molar refractivity (Wildman–Crippen MR) is 137 cm³/mol. The molecule has 0 radical (unpaired) electrons. The molecule has 4 rings (SSSR count). The Hall–Kier alpha value is -1.59. The molecule has 0 spiro atoms.